The zero-order valence-electron chi connectivity index (χ0n) is 11.8. The number of amides is 1. The molecule has 0 bridgehead atoms. The van der Waals surface area contributed by atoms with Gasteiger partial charge in [0.05, 0.1) is 13.2 Å². The van der Waals surface area contributed by atoms with Crippen molar-refractivity contribution in [2.75, 3.05) is 13.7 Å². The fourth-order valence-corrected chi connectivity index (χ4v) is 2.50. The molecule has 2 rings (SSSR count). The predicted molar refractivity (Wildman–Crippen MR) is 75.3 cm³/mol. The van der Waals surface area contributed by atoms with Gasteiger partial charge in [-0.1, -0.05) is 12.1 Å². The summed E-state index contributed by atoms with van der Waals surface area (Å²) in [5.41, 5.74) is 2.26. The molecule has 1 fully saturated rings. The second-order valence-electron chi connectivity index (χ2n) is 5.12. The molecule has 0 aliphatic carbocycles. The van der Waals surface area contributed by atoms with Crippen molar-refractivity contribution in [3.8, 4) is 5.75 Å². The molecule has 1 aliphatic heterocycles. The first-order valence-corrected chi connectivity index (χ1v) is 6.80. The largest absolute Gasteiger partial charge is 0.496 e. The Hall–Kier alpha value is -1.55. The Bertz CT molecular complexity index is 459. The fraction of sp³-hybridized carbons (Fsp3) is 0.533. The van der Waals surface area contributed by atoms with Gasteiger partial charge < -0.3 is 10.1 Å². The van der Waals surface area contributed by atoms with Gasteiger partial charge in [0.15, 0.2) is 0 Å². The smallest absolute Gasteiger partial charge is 0.237 e. The van der Waals surface area contributed by atoms with Gasteiger partial charge in [0, 0.05) is 18.2 Å². The molecule has 2 atom stereocenters. The fourth-order valence-electron chi connectivity index (χ4n) is 2.50. The van der Waals surface area contributed by atoms with Crippen LogP contribution >= 0.6 is 0 Å². The van der Waals surface area contributed by atoms with Crippen LogP contribution in [-0.4, -0.2) is 25.6 Å². The lowest BCUT2D eigenvalue weighted by atomic mass is 10.0. The summed E-state index contributed by atoms with van der Waals surface area (Å²) in [7, 11) is 1.68. The third-order valence-corrected chi connectivity index (χ3v) is 3.59. The first-order chi connectivity index (χ1) is 9.11. The van der Waals surface area contributed by atoms with Crippen LogP contribution in [0.2, 0.25) is 0 Å². The van der Waals surface area contributed by atoms with Crippen LogP contribution in [0, 0.1) is 6.92 Å². The first kappa shape index (κ1) is 13.9. The Balaban J connectivity index is 2.10. The molecule has 1 heterocycles. The van der Waals surface area contributed by atoms with Gasteiger partial charge in [0.2, 0.25) is 5.91 Å². The molecule has 2 N–H and O–H groups in total. The van der Waals surface area contributed by atoms with Crippen molar-refractivity contribution in [2.24, 2.45) is 0 Å². The molecule has 19 heavy (non-hydrogen) atoms. The van der Waals surface area contributed by atoms with E-state index in [4.69, 9.17) is 4.74 Å². The van der Waals surface area contributed by atoms with Crippen LogP contribution in [0.25, 0.3) is 0 Å². The molecular weight excluding hydrogens is 240 g/mol. The molecule has 1 aromatic carbocycles. The third kappa shape index (κ3) is 3.26. The maximum Gasteiger partial charge on any atom is 0.237 e. The van der Waals surface area contributed by atoms with Crippen molar-refractivity contribution in [3.05, 3.63) is 29.3 Å². The van der Waals surface area contributed by atoms with Crippen molar-refractivity contribution in [2.45, 2.75) is 38.8 Å². The highest BCUT2D eigenvalue weighted by atomic mass is 16.5. The summed E-state index contributed by atoms with van der Waals surface area (Å²) < 4.78 is 5.42. The van der Waals surface area contributed by atoms with Crippen molar-refractivity contribution in [3.63, 3.8) is 0 Å². The van der Waals surface area contributed by atoms with Gasteiger partial charge >= 0.3 is 0 Å². The van der Waals surface area contributed by atoms with Crippen LogP contribution in [0.4, 0.5) is 0 Å². The summed E-state index contributed by atoms with van der Waals surface area (Å²) in [6.07, 6.45) is 1.92. The Labute approximate surface area is 114 Å². The van der Waals surface area contributed by atoms with Crippen LogP contribution in [0.15, 0.2) is 18.2 Å². The lowest BCUT2D eigenvalue weighted by molar-refractivity contribution is -0.124. The Morgan fingerprint density at radius 3 is 2.95 bits per heavy atom. The van der Waals surface area contributed by atoms with E-state index >= 15 is 0 Å². The van der Waals surface area contributed by atoms with E-state index in [2.05, 4.69) is 29.7 Å². The number of aryl methyl sites for hydroxylation is 1. The lowest BCUT2D eigenvalue weighted by Gasteiger charge is -2.27. The number of nitrogens with one attached hydrogen (secondary N) is 2. The molecule has 2 unspecified atom stereocenters. The molecule has 1 amide bonds. The van der Waals surface area contributed by atoms with Gasteiger partial charge in [-0.3, -0.25) is 10.1 Å². The molecule has 1 aromatic rings. The number of methoxy groups -OCH3 is 1. The minimum Gasteiger partial charge on any atom is -0.496 e. The van der Waals surface area contributed by atoms with Crippen molar-refractivity contribution in [1.82, 2.24) is 10.6 Å². The van der Waals surface area contributed by atoms with Crippen LogP contribution in [0.1, 0.15) is 36.9 Å². The second kappa shape index (κ2) is 6.06. The first-order valence-electron chi connectivity index (χ1n) is 6.80. The number of hydrogen-bond donors (Lipinski definition) is 2. The van der Waals surface area contributed by atoms with Crippen molar-refractivity contribution in [1.29, 1.82) is 0 Å². The van der Waals surface area contributed by atoms with Gasteiger partial charge in [-0.15, -0.1) is 0 Å². The van der Waals surface area contributed by atoms with Gasteiger partial charge in [0.1, 0.15) is 5.75 Å². The molecule has 104 valence electrons. The summed E-state index contributed by atoms with van der Waals surface area (Å²) in [4.78, 5) is 11.8. The molecule has 4 nitrogen and oxygen atoms in total. The van der Waals surface area contributed by atoms with Crippen LogP contribution < -0.4 is 15.4 Å². The third-order valence-electron chi connectivity index (χ3n) is 3.59. The van der Waals surface area contributed by atoms with E-state index in [9.17, 15) is 4.79 Å². The average Bonchev–Trinajstić information content (AvgIpc) is 2.41. The van der Waals surface area contributed by atoms with E-state index < -0.39 is 0 Å². The lowest BCUT2D eigenvalue weighted by Crippen LogP contribution is -2.48. The second-order valence-corrected chi connectivity index (χ2v) is 5.12. The number of ether oxygens (including phenoxy) is 1. The van der Waals surface area contributed by atoms with E-state index in [0.29, 0.717) is 0 Å². The van der Waals surface area contributed by atoms with E-state index in [1.165, 1.54) is 5.56 Å². The van der Waals surface area contributed by atoms with Crippen LogP contribution in [0.3, 0.4) is 0 Å². The molecule has 0 spiro atoms. The summed E-state index contributed by atoms with van der Waals surface area (Å²) in [5.74, 6) is 0.973. The predicted octanol–water partition coefficient (Wildman–Crippen LogP) is 1.93. The molecule has 1 saturated heterocycles. The minimum absolute atomic E-state index is 0.0874. The van der Waals surface area contributed by atoms with E-state index in [0.717, 1.165) is 30.7 Å². The van der Waals surface area contributed by atoms with E-state index in [1.807, 2.05) is 13.0 Å². The SMILES string of the molecule is COc1cc(C)ccc1C(C)NC1CCCNC1=O. The van der Waals surface area contributed by atoms with Gasteiger partial charge in [-0.25, -0.2) is 0 Å². The number of benzene rings is 1. The number of rotatable bonds is 4. The van der Waals surface area contributed by atoms with Crippen LogP contribution in [-0.2, 0) is 4.79 Å². The molecule has 4 heteroatoms. The van der Waals surface area contributed by atoms with Gasteiger partial charge in [-0.05, 0) is 38.3 Å². The maximum atomic E-state index is 11.8. The highest BCUT2D eigenvalue weighted by Gasteiger charge is 2.24. The monoisotopic (exact) mass is 262 g/mol. The van der Waals surface area contributed by atoms with E-state index in [1.54, 1.807) is 7.11 Å². The maximum absolute atomic E-state index is 11.8. The minimum atomic E-state index is -0.102. The molecular formula is C15H22N2O2. The molecule has 1 aliphatic rings. The number of hydrogen-bond acceptors (Lipinski definition) is 3. The Morgan fingerprint density at radius 1 is 1.47 bits per heavy atom. The quantitative estimate of drug-likeness (QED) is 0.871. The number of carbonyl (C=O) groups excluding carboxylic acids is 1. The zero-order chi connectivity index (χ0) is 13.8. The Morgan fingerprint density at radius 2 is 2.26 bits per heavy atom. The van der Waals surface area contributed by atoms with Gasteiger partial charge in [-0.2, -0.15) is 0 Å². The highest BCUT2D eigenvalue weighted by molar-refractivity contribution is 5.82. The van der Waals surface area contributed by atoms with E-state index in [-0.39, 0.29) is 18.0 Å². The summed E-state index contributed by atoms with van der Waals surface area (Å²) in [6, 6.07) is 6.14. The van der Waals surface area contributed by atoms with Crippen molar-refractivity contribution < 1.29 is 9.53 Å². The topological polar surface area (TPSA) is 50.4 Å². The average molecular weight is 262 g/mol. The van der Waals surface area contributed by atoms with Crippen LogP contribution in [0.5, 0.6) is 5.75 Å². The highest BCUT2D eigenvalue weighted by Crippen LogP contribution is 2.26. The molecule has 0 aromatic heterocycles. The van der Waals surface area contributed by atoms with Crippen molar-refractivity contribution >= 4 is 5.91 Å². The number of carbonyl (C=O) groups is 1. The summed E-state index contributed by atoms with van der Waals surface area (Å²) in [5, 5.41) is 6.28. The number of piperidine rings is 1. The molecule has 0 radical (unpaired) electrons. The zero-order valence-corrected chi connectivity index (χ0v) is 11.8. The summed E-state index contributed by atoms with van der Waals surface area (Å²) in [6.45, 7) is 4.90. The normalized spacial score (nSPS) is 20.8. The summed E-state index contributed by atoms with van der Waals surface area (Å²) >= 11 is 0. The van der Waals surface area contributed by atoms with Gasteiger partial charge in [0.25, 0.3) is 0 Å². The molecule has 0 saturated carbocycles. The standard InChI is InChI=1S/C15H22N2O2/c1-10-6-7-12(14(9-10)19-3)11(2)17-13-5-4-8-16-15(13)18/h6-7,9,11,13,17H,4-5,8H2,1-3H3,(H,16,18). The Kier molecular flexibility index (Phi) is 4.43.